The number of nitrogens with zero attached hydrogens (tertiary/aromatic N) is 2. The summed E-state index contributed by atoms with van der Waals surface area (Å²) >= 11 is 0. The Balaban J connectivity index is 1.38. The summed E-state index contributed by atoms with van der Waals surface area (Å²) in [6, 6.07) is 52.4. The number of amidine groups is 1. The van der Waals surface area contributed by atoms with Crippen LogP contribution in [0.25, 0.3) is 0 Å². The standard InChI is InChI=1S/C39H35N2OP/c42-39(31-21-10-3-11-22-31)41-37(30-19-8-2-9-20-30)36(29-17-6-1-7-18-29)40-38(41)34-27-16-28-35(34)43(32-23-12-4-13-24-32)33-25-14-5-15-26-33/h1-15,17-26,34-37H,16,27-28H2/t34?,35?,36-,37-/m1/s1. The van der Waals surface area contributed by atoms with Crippen LogP contribution in [-0.4, -0.2) is 22.3 Å². The molecule has 0 bridgehead atoms. The van der Waals surface area contributed by atoms with Crippen LogP contribution in [0.2, 0.25) is 0 Å². The number of amides is 1. The molecular formula is C39H35N2OP. The lowest BCUT2D eigenvalue weighted by Gasteiger charge is -2.35. The molecule has 3 nitrogen and oxygen atoms in total. The van der Waals surface area contributed by atoms with Gasteiger partial charge in [-0.25, -0.2) is 0 Å². The molecule has 0 aromatic heterocycles. The van der Waals surface area contributed by atoms with Crippen molar-refractivity contribution in [3.05, 3.63) is 168 Å². The molecule has 4 heteroatoms. The Morgan fingerprint density at radius 2 is 1.09 bits per heavy atom. The van der Waals surface area contributed by atoms with Crippen molar-refractivity contribution in [2.75, 3.05) is 0 Å². The lowest BCUT2D eigenvalue weighted by atomic mass is 9.93. The molecule has 212 valence electrons. The van der Waals surface area contributed by atoms with E-state index in [0.29, 0.717) is 11.2 Å². The van der Waals surface area contributed by atoms with Crippen molar-refractivity contribution in [3.8, 4) is 0 Å². The molecular weight excluding hydrogens is 543 g/mol. The Labute approximate surface area is 255 Å². The van der Waals surface area contributed by atoms with Gasteiger partial charge in [-0.1, -0.05) is 146 Å². The Kier molecular flexibility index (Phi) is 7.99. The molecule has 1 heterocycles. The van der Waals surface area contributed by atoms with Crippen LogP contribution in [0.5, 0.6) is 0 Å². The molecule has 43 heavy (non-hydrogen) atoms. The van der Waals surface area contributed by atoms with E-state index in [9.17, 15) is 4.79 Å². The van der Waals surface area contributed by atoms with Crippen molar-refractivity contribution >= 4 is 30.3 Å². The molecule has 4 atom stereocenters. The second-order valence-corrected chi connectivity index (χ2v) is 13.8. The minimum absolute atomic E-state index is 0.0287. The fourth-order valence-electron chi connectivity index (χ4n) is 6.93. The van der Waals surface area contributed by atoms with Crippen molar-refractivity contribution in [1.29, 1.82) is 0 Å². The molecule has 7 rings (SSSR count). The highest BCUT2D eigenvalue weighted by Gasteiger charge is 2.48. The zero-order valence-electron chi connectivity index (χ0n) is 24.1. The van der Waals surface area contributed by atoms with E-state index in [2.05, 4.69) is 114 Å². The van der Waals surface area contributed by atoms with Gasteiger partial charge in [-0.15, -0.1) is 0 Å². The molecule has 5 aromatic carbocycles. The van der Waals surface area contributed by atoms with E-state index in [4.69, 9.17) is 4.99 Å². The van der Waals surface area contributed by atoms with E-state index in [1.807, 2.05) is 42.5 Å². The quantitative estimate of drug-likeness (QED) is 0.179. The highest BCUT2D eigenvalue weighted by Crippen LogP contribution is 2.54. The summed E-state index contributed by atoms with van der Waals surface area (Å²) < 4.78 is 0. The Hall–Kier alpha value is -4.33. The summed E-state index contributed by atoms with van der Waals surface area (Å²) in [4.78, 5) is 22.3. The van der Waals surface area contributed by atoms with Gasteiger partial charge >= 0.3 is 0 Å². The molecule has 0 spiro atoms. The van der Waals surface area contributed by atoms with E-state index >= 15 is 0 Å². The van der Waals surface area contributed by atoms with Crippen LogP contribution in [0.15, 0.2) is 157 Å². The number of aliphatic imine (C=N–C) groups is 1. The maximum atomic E-state index is 14.6. The van der Waals surface area contributed by atoms with Crippen molar-refractivity contribution in [2.24, 2.45) is 10.9 Å². The van der Waals surface area contributed by atoms with Gasteiger partial charge in [-0.05, 0) is 60.3 Å². The van der Waals surface area contributed by atoms with Crippen LogP contribution in [0, 0.1) is 5.92 Å². The van der Waals surface area contributed by atoms with Crippen LogP contribution in [-0.2, 0) is 0 Å². The number of rotatable bonds is 7. The SMILES string of the molecule is O=C(c1ccccc1)N1C(C2CCCC2P(c2ccccc2)c2ccccc2)=N[C@H](c2ccccc2)[C@H]1c1ccccc1. The van der Waals surface area contributed by atoms with E-state index < -0.39 is 7.92 Å². The molecule has 1 saturated carbocycles. The largest absolute Gasteiger partial charge is 0.286 e. The fraction of sp³-hybridized carbons (Fsp3) is 0.179. The van der Waals surface area contributed by atoms with Gasteiger partial charge in [0.1, 0.15) is 11.9 Å². The average molecular weight is 579 g/mol. The first kappa shape index (κ1) is 27.5. The smallest absolute Gasteiger partial charge is 0.259 e. The van der Waals surface area contributed by atoms with Gasteiger partial charge in [0.2, 0.25) is 0 Å². The van der Waals surface area contributed by atoms with Crippen LogP contribution in [0.1, 0.15) is 52.8 Å². The molecule has 1 fully saturated rings. The van der Waals surface area contributed by atoms with Crippen molar-refractivity contribution in [2.45, 2.75) is 37.0 Å². The van der Waals surface area contributed by atoms with Gasteiger partial charge in [0.05, 0.1) is 6.04 Å². The second kappa shape index (κ2) is 12.5. The van der Waals surface area contributed by atoms with E-state index in [1.54, 1.807) is 0 Å². The molecule has 1 aliphatic carbocycles. The number of carbonyl (C=O) groups is 1. The lowest BCUT2D eigenvalue weighted by molar-refractivity contribution is 0.0798. The zero-order valence-corrected chi connectivity index (χ0v) is 25.0. The number of hydrogen-bond acceptors (Lipinski definition) is 2. The first-order valence-electron chi connectivity index (χ1n) is 15.2. The monoisotopic (exact) mass is 578 g/mol. The highest BCUT2D eigenvalue weighted by molar-refractivity contribution is 7.73. The van der Waals surface area contributed by atoms with Crippen molar-refractivity contribution in [3.63, 3.8) is 0 Å². The summed E-state index contributed by atoms with van der Waals surface area (Å²) in [5, 5.41) is 2.78. The van der Waals surface area contributed by atoms with Gasteiger partial charge < -0.3 is 0 Å². The first-order chi connectivity index (χ1) is 21.3. The van der Waals surface area contributed by atoms with E-state index in [0.717, 1.165) is 36.2 Å². The topological polar surface area (TPSA) is 32.7 Å². The molecule has 0 N–H and O–H groups in total. The summed E-state index contributed by atoms with van der Waals surface area (Å²) in [5.41, 5.74) is 3.34. The summed E-state index contributed by atoms with van der Waals surface area (Å²) in [5.74, 6) is 1.17. The molecule has 2 unspecified atom stereocenters. The third-order valence-electron chi connectivity index (χ3n) is 8.83. The van der Waals surface area contributed by atoms with Crippen LogP contribution in [0.3, 0.4) is 0 Å². The van der Waals surface area contributed by atoms with Crippen molar-refractivity contribution < 1.29 is 4.79 Å². The van der Waals surface area contributed by atoms with Gasteiger partial charge in [0.25, 0.3) is 5.91 Å². The number of carbonyl (C=O) groups excluding carboxylic acids is 1. The molecule has 2 aliphatic rings. The van der Waals surface area contributed by atoms with Crippen molar-refractivity contribution in [1.82, 2.24) is 4.90 Å². The van der Waals surface area contributed by atoms with Crippen LogP contribution < -0.4 is 10.6 Å². The maximum Gasteiger partial charge on any atom is 0.259 e. The number of benzene rings is 5. The molecule has 5 aromatic rings. The number of hydrogen-bond donors (Lipinski definition) is 0. The second-order valence-electron chi connectivity index (χ2n) is 11.4. The average Bonchev–Trinajstić information content (AvgIpc) is 3.72. The zero-order chi connectivity index (χ0) is 29.0. The van der Waals surface area contributed by atoms with Gasteiger partial charge in [-0.3, -0.25) is 14.7 Å². The minimum Gasteiger partial charge on any atom is -0.286 e. The summed E-state index contributed by atoms with van der Waals surface area (Å²) in [6.07, 6.45) is 3.29. The van der Waals surface area contributed by atoms with E-state index in [-0.39, 0.29) is 23.9 Å². The predicted octanol–water partition coefficient (Wildman–Crippen LogP) is 8.33. The Morgan fingerprint density at radius 1 is 0.605 bits per heavy atom. The maximum absolute atomic E-state index is 14.6. The first-order valence-corrected chi connectivity index (χ1v) is 16.7. The van der Waals surface area contributed by atoms with Gasteiger partial charge in [-0.2, -0.15) is 0 Å². The summed E-state index contributed by atoms with van der Waals surface area (Å²) in [6.45, 7) is 0. The molecule has 0 saturated heterocycles. The van der Waals surface area contributed by atoms with Crippen LogP contribution in [0.4, 0.5) is 0 Å². The van der Waals surface area contributed by atoms with Gasteiger partial charge in [0, 0.05) is 11.5 Å². The van der Waals surface area contributed by atoms with E-state index in [1.165, 1.54) is 10.6 Å². The molecule has 0 radical (unpaired) electrons. The lowest BCUT2D eigenvalue weighted by Crippen LogP contribution is -2.43. The third kappa shape index (κ3) is 5.46. The fourth-order valence-corrected chi connectivity index (χ4v) is 10.1. The highest BCUT2D eigenvalue weighted by atomic mass is 31.1. The Bertz CT molecular complexity index is 1640. The molecule has 1 aliphatic heterocycles. The Morgan fingerprint density at radius 3 is 1.65 bits per heavy atom. The molecule has 1 amide bonds. The predicted molar refractivity (Wildman–Crippen MR) is 179 cm³/mol. The summed E-state index contributed by atoms with van der Waals surface area (Å²) in [7, 11) is -0.656. The third-order valence-corrected chi connectivity index (χ3v) is 11.8. The van der Waals surface area contributed by atoms with Crippen LogP contribution >= 0.6 is 7.92 Å². The normalized spacial score (nSPS) is 21.6. The van der Waals surface area contributed by atoms with Gasteiger partial charge in [0.15, 0.2) is 0 Å². The minimum atomic E-state index is -0.656.